The molecule has 2 aromatic rings. The van der Waals surface area contributed by atoms with Crippen LogP contribution in [0.15, 0.2) is 42.9 Å². The number of ether oxygens (including phenoxy) is 2. The van der Waals surface area contributed by atoms with Crippen LogP contribution in [0.4, 0.5) is 0 Å². The molecular formula is C27H41ClO4SSi2. The Kier molecular flexibility index (Phi) is 8.41. The van der Waals surface area contributed by atoms with Crippen molar-refractivity contribution in [2.24, 2.45) is 0 Å². The number of hydrogen-bond acceptors (Lipinski definition) is 5. The highest BCUT2D eigenvalue weighted by Gasteiger charge is 2.42. The van der Waals surface area contributed by atoms with E-state index in [2.05, 4.69) is 79.9 Å². The summed E-state index contributed by atoms with van der Waals surface area (Å²) in [7, 11) is -4.08. The van der Waals surface area contributed by atoms with Crippen LogP contribution in [0.25, 0.3) is 0 Å². The van der Waals surface area contributed by atoms with Gasteiger partial charge in [0.15, 0.2) is 16.6 Å². The average molecular weight is 553 g/mol. The number of halogens is 1. The van der Waals surface area contributed by atoms with Crippen molar-refractivity contribution in [3.05, 3.63) is 68.8 Å². The lowest BCUT2D eigenvalue weighted by atomic mass is 10.0. The maximum atomic E-state index is 7.09. The van der Waals surface area contributed by atoms with E-state index in [0.717, 1.165) is 20.9 Å². The van der Waals surface area contributed by atoms with Gasteiger partial charge in [-0.05, 0) is 60.0 Å². The Labute approximate surface area is 222 Å². The van der Waals surface area contributed by atoms with Gasteiger partial charge >= 0.3 is 0 Å². The number of rotatable bonds is 8. The van der Waals surface area contributed by atoms with E-state index in [1.807, 2.05) is 18.2 Å². The molecule has 4 nitrogen and oxygen atoms in total. The summed E-state index contributed by atoms with van der Waals surface area (Å²) in [5.41, 5.74) is 2.15. The van der Waals surface area contributed by atoms with E-state index in [-0.39, 0.29) is 16.2 Å². The van der Waals surface area contributed by atoms with Gasteiger partial charge in [-0.1, -0.05) is 65.3 Å². The first kappa shape index (κ1) is 28.5. The van der Waals surface area contributed by atoms with E-state index in [0.29, 0.717) is 11.6 Å². The van der Waals surface area contributed by atoms with Gasteiger partial charge in [0.1, 0.15) is 12.5 Å². The van der Waals surface area contributed by atoms with E-state index in [4.69, 9.17) is 29.9 Å². The van der Waals surface area contributed by atoms with Crippen molar-refractivity contribution in [2.75, 3.05) is 0 Å². The molecule has 0 saturated carbocycles. The zero-order chi connectivity index (χ0) is 26.2. The van der Waals surface area contributed by atoms with E-state index in [1.165, 1.54) is 0 Å². The minimum absolute atomic E-state index is 0.0576. The molecule has 0 amide bonds. The zero-order valence-corrected chi connectivity index (χ0v) is 26.4. The monoisotopic (exact) mass is 552 g/mol. The topological polar surface area (TPSA) is 36.9 Å². The third-order valence-corrected chi connectivity index (χ3v) is 17.9. The Morgan fingerprint density at radius 2 is 1.54 bits per heavy atom. The molecule has 0 bridgehead atoms. The highest BCUT2D eigenvalue weighted by Crippen LogP contribution is 2.46. The minimum Gasteiger partial charge on any atom is -0.454 e. The molecule has 1 unspecified atom stereocenters. The summed E-state index contributed by atoms with van der Waals surface area (Å²) in [5, 5.41) is 0.883. The first-order chi connectivity index (χ1) is 16.0. The summed E-state index contributed by atoms with van der Waals surface area (Å²) in [6.45, 7) is 23.3. The second-order valence-corrected chi connectivity index (χ2v) is 23.4. The fraction of sp³-hybridized carbons (Fsp3) is 0.556. The molecule has 0 fully saturated rings. The molecule has 2 heterocycles. The normalized spacial score (nSPS) is 16.3. The molecule has 0 spiro atoms. The smallest absolute Gasteiger partial charge is 0.275 e. The molecule has 35 heavy (non-hydrogen) atoms. The SMILES string of the molecule is CC(C)(C)[Si](C)(C)OCc1sc(C2OC=CO2)cc1C(O[Si](C)(C)C(C)(C)C)c1cccc(Cl)c1. The summed E-state index contributed by atoms with van der Waals surface area (Å²) in [6.07, 6.45) is 2.49. The fourth-order valence-corrected chi connectivity index (χ4v) is 6.73. The molecule has 1 aromatic carbocycles. The standard InChI is InChI=1S/C27H41ClO4SSi2/c1-26(2,3)34(7,8)31-18-23-21(17-22(33-23)25-29-14-15-30-25)24(19-12-11-13-20(28)16-19)32-35(9,10)27(4,5)6/h11-17,24-25H,18H2,1-10H3. The summed E-state index contributed by atoms with van der Waals surface area (Å²) < 4.78 is 25.2. The second-order valence-electron chi connectivity index (χ2n) is 12.3. The van der Waals surface area contributed by atoms with Gasteiger partial charge in [0.25, 0.3) is 6.29 Å². The van der Waals surface area contributed by atoms with Crippen LogP contribution in [0.5, 0.6) is 0 Å². The zero-order valence-electron chi connectivity index (χ0n) is 22.8. The van der Waals surface area contributed by atoms with Gasteiger partial charge in [0, 0.05) is 15.5 Å². The van der Waals surface area contributed by atoms with E-state index < -0.39 is 22.9 Å². The maximum Gasteiger partial charge on any atom is 0.275 e. The summed E-state index contributed by atoms with van der Waals surface area (Å²) in [4.78, 5) is 2.15. The van der Waals surface area contributed by atoms with Crippen molar-refractivity contribution in [1.29, 1.82) is 0 Å². The van der Waals surface area contributed by atoms with Crippen molar-refractivity contribution in [3.63, 3.8) is 0 Å². The molecular weight excluding hydrogens is 512 g/mol. The Morgan fingerprint density at radius 1 is 0.943 bits per heavy atom. The molecule has 1 atom stereocenters. The molecule has 3 rings (SSSR count). The van der Waals surface area contributed by atoms with Gasteiger partial charge in [-0.25, -0.2) is 0 Å². The highest BCUT2D eigenvalue weighted by atomic mass is 35.5. The third-order valence-electron chi connectivity index (χ3n) is 7.58. The van der Waals surface area contributed by atoms with Crippen LogP contribution in [0, 0.1) is 0 Å². The molecule has 8 heteroatoms. The fourth-order valence-electron chi connectivity index (χ4n) is 3.20. The summed E-state index contributed by atoms with van der Waals surface area (Å²) >= 11 is 8.13. The predicted molar refractivity (Wildman–Crippen MR) is 152 cm³/mol. The number of hydrogen-bond donors (Lipinski definition) is 0. The molecule has 0 saturated heterocycles. The van der Waals surface area contributed by atoms with Crippen molar-refractivity contribution < 1.29 is 18.3 Å². The average Bonchev–Trinajstić information content (AvgIpc) is 3.39. The molecule has 1 aliphatic rings. The Bertz CT molecular complexity index is 1040. The molecule has 1 aliphatic heterocycles. The number of benzene rings is 1. The Morgan fingerprint density at radius 3 is 2.09 bits per heavy atom. The Balaban J connectivity index is 2.09. The maximum absolute atomic E-state index is 7.09. The van der Waals surface area contributed by atoms with Crippen LogP contribution in [-0.4, -0.2) is 16.6 Å². The van der Waals surface area contributed by atoms with Crippen molar-refractivity contribution in [3.8, 4) is 0 Å². The third kappa shape index (κ3) is 6.62. The first-order valence-corrected chi connectivity index (χ1v) is 19.2. The molecule has 0 aliphatic carbocycles. The van der Waals surface area contributed by atoms with Crippen LogP contribution in [0.3, 0.4) is 0 Å². The molecule has 1 aromatic heterocycles. The minimum atomic E-state index is -2.13. The van der Waals surface area contributed by atoms with Crippen LogP contribution in [-0.2, 0) is 24.9 Å². The van der Waals surface area contributed by atoms with Gasteiger partial charge < -0.3 is 18.3 Å². The lowest BCUT2D eigenvalue weighted by molar-refractivity contribution is -0.0217. The molecule has 0 radical (unpaired) electrons. The van der Waals surface area contributed by atoms with E-state index in [9.17, 15) is 0 Å². The van der Waals surface area contributed by atoms with Gasteiger partial charge in [-0.3, -0.25) is 0 Å². The Hall–Kier alpha value is -1.10. The second kappa shape index (κ2) is 10.3. The van der Waals surface area contributed by atoms with E-state index in [1.54, 1.807) is 23.9 Å². The van der Waals surface area contributed by atoms with Crippen molar-refractivity contribution >= 4 is 39.6 Å². The van der Waals surface area contributed by atoms with Gasteiger partial charge in [-0.2, -0.15) is 0 Å². The summed E-state index contributed by atoms with van der Waals surface area (Å²) in [5.74, 6) is 0. The van der Waals surface area contributed by atoms with E-state index >= 15 is 0 Å². The quantitative estimate of drug-likeness (QED) is 0.305. The lowest BCUT2D eigenvalue weighted by Crippen LogP contribution is -2.42. The highest BCUT2D eigenvalue weighted by molar-refractivity contribution is 7.12. The van der Waals surface area contributed by atoms with Crippen molar-refractivity contribution in [1.82, 2.24) is 0 Å². The van der Waals surface area contributed by atoms with Crippen LogP contribution >= 0.6 is 22.9 Å². The predicted octanol–water partition coefficient (Wildman–Crippen LogP) is 9.55. The van der Waals surface area contributed by atoms with Crippen LogP contribution < -0.4 is 0 Å². The lowest BCUT2D eigenvalue weighted by Gasteiger charge is -2.40. The number of thiophene rings is 1. The van der Waals surface area contributed by atoms with Gasteiger partial charge in [0.05, 0.1) is 17.6 Å². The molecule has 0 N–H and O–H groups in total. The summed E-state index contributed by atoms with van der Waals surface area (Å²) in [6, 6.07) is 10.2. The van der Waals surface area contributed by atoms with Crippen molar-refractivity contribution in [2.45, 2.75) is 96.8 Å². The van der Waals surface area contributed by atoms with Crippen LogP contribution in [0.2, 0.25) is 41.3 Å². The van der Waals surface area contributed by atoms with Gasteiger partial charge in [-0.15, -0.1) is 11.3 Å². The van der Waals surface area contributed by atoms with Gasteiger partial charge in [0.2, 0.25) is 0 Å². The molecule has 194 valence electrons. The van der Waals surface area contributed by atoms with Crippen LogP contribution in [0.1, 0.15) is 74.8 Å². The largest absolute Gasteiger partial charge is 0.454 e. The first-order valence-electron chi connectivity index (χ1n) is 12.2.